The van der Waals surface area contributed by atoms with Gasteiger partial charge in [-0.05, 0) is 26.8 Å². The Balaban J connectivity index is -0.000000692. The van der Waals surface area contributed by atoms with Gasteiger partial charge in [0.1, 0.15) is 12.9 Å². The molecule has 3 amide bonds. The van der Waals surface area contributed by atoms with Crippen molar-refractivity contribution in [1.29, 1.82) is 0 Å². The standard InChI is InChI=1S/C15H29NO2.C14H29N3O5.CH2O2/c1-3-4-5-6-7-8-9-12-15(18)16-14(2)11-10-13-17;1-3-13(18)16-5-8-20-9-6-17-14(19)12-22-11-10-21-7-4-15-2;2-1-3/h13-14H,3-12H2,1-2H3,(H,16,18);15H,3-12H2,1-2H3,(H,16,18)(H,17,19);1H,(H,2,3)/t14-;;/m0../s1. The van der Waals surface area contributed by atoms with Gasteiger partial charge in [0, 0.05) is 44.9 Å². The number of carbonyl (C=O) groups excluding carboxylic acids is 4. The Kier molecular flexibility index (Phi) is 41.1. The van der Waals surface area contributed by atoms with Crippen LogP contribution < -0.4 is 21.3 Å². The van der Waals surface area contributed by atoms with E-state index in [4.69, 9.17) is 24.1 Å². The van der Waals surface area contributed by atoms with Crippen LogP contribution in [0.25, 0.3) is 0 Å². The lowest BCUT2D eigenvalue weighted by molar-refractivity contribution is -0.126. The lowest BCUT2D eigenvalue weighted by Gasteiger charge is -2.12. The second-order valence-electron chi connectivity index (χ2n) is 9.62. The van der Waals surface area contributed by atoms with Crippen LogP contribution in [0.5, 0.6) is 0 Å². The third-order valence-corrected chi connectivity index (χ3v) is 5.69. The fraction of sp³-hybridized carbons (Fsp3) is 0.833. The Morgan fingerprint density at radius 2 is 1.28 bits per heavy atom. The molecule has 13 heteroatoms. The van der Waals surface area contributed by atoms with Gasteiger partial charge in [0.25, 0.3) is 6.47 Å². The van der Waals surface area contributed by atoms with E-state index in [2.05, 4.69) is 28.2 Å². The van der Waals surface area contributed by atoms with E-state index in [1.807, 2.05) is 14.0 Å². The number of carboxylic acid groups (broad SMARTS) is 1. The highest BCUT2D eigenvalue weighted by Gasteiger charge is 2.06. The lowest BCUT2D eigenvalue weighted by atomic mass is 10.1. The Morgan fingerprint density at radius 1 is 0.744 bits per heavy atom. The summed E-state index contributed by atoms with van der Waals surface area (Å²) in [6, 6.07) is 0.118. The molecule has 0 saturated carbocycles. The van der Waals surface area contributed by atoms with Crippen LogP contribution in [0.2, 0.25) is 0 Å². The summed E-state index contributed by atoms with van der Waals surface area (Å²) in [6.07, 6.45) is 11.9. The molecule has 0 aromatic rings. The highest BCUT2D eigenvalue weighted by Crippen LogP contribution is 2.08. The number of likely N-dealkylation sites (N-methyl/N-ethyl adjacent to an activating group) is 1. The molecule has 0 saturated heterocycles. The minimum absolute atomic E-state index is 0.00369. The first-order valence-corrected chi connectivity index (χ1v) is 15.5. The molecule has 0 bridgehead atoms. The fourth-order valence-electron chi connectivity index (χ4n) is 3.34. The van der Waals surface area contributed by atoms with Gasteiger partial charge in [-0.3, -0.25) is 19.2 Å². The number of amides is 3. The van der Waals surface area contributed by atoms with Gasteiger partial charge < -0.3 is 45.4 Å². The van der Waals surface area contributed by atoms with Crippen molar-refractivity contribution >= 4 is 30.5 Å². The molecule has 5 N–H and O–H groups in total. The van der Waals surface area contributed by atoms with Crippen molar-refractivity contribution in [2.45, 2.75) is 97.4 Å². The number of hydrogen-bond donors (Lipinski definition) is 5. The molecule has 0 fully saturated rings. The Hall–Kier alpha value is -2.61. The van der Waals surface area contributed by atoms with Crippen LogP contribution >= 0.6 is 0 Å². The van der Waals surface area contributed by atoms with Crippen LogP contribution in [-0.2, 0) is 38.2 Å². The monoisotopic (exact) mass is 620 g/mol. The Morgan fingerprint density at radius 3 is 1.86 bits per heavy atom. The van der Waals surface area contributed by atoms with Crippen LogP contribution in [0.15, 0.2) is 0 Å². The van der Waals surface area contributed by atoms with Crippen LogP contribution in [0.1, 0.15) is 91.4 Å². The van der Waals surface area contributed by atoms with E-state index in [1.54, 1.807) is 6.92 Å². The van der Waals surface area contributed by atoms with E-state index in [-0.39, 0.29) is 36.8 Å². The third kappa shape index (κ3) is 44.0. The van der Waals surface area contributed by atoms with E-state index in [0.29, 0.717) is 65.4 Å². The molecular formula is C30H60N4O9. The van der Waals surface area contributed by atoms with Crippen molar-refractivity contribution in [3.8, 4) is 0 Å². The third-order valence-electron chi connectivity index (χ3n) is 5.69. The van der Waals surface area contributed by atoms with Gasteiger partial charge >= 0.3 is 0 Å². The summed E-state index contributed by atoms with van der Waals surface area (Å²) in [5, 5.41) is 18.2. The zero-order valence-corrected chi connectivity index (χ0v) is 27.1. The predicted octanol–water partition coefficient (Wildman–Crippen LogP) is 2.21. The molecule has 0 aromatic carbocycles. The molecule has 254 valence electrons. The van der Waals surface area contributed by atoms with E-state index in [0.717, 1.165) is 32.1 Å². The highest BCUT2D eigenvalue weighted by molar-refractivity contribution is 5.77. The normalized spacial score (nSPS) is 10.7. The smallest absolute Gasteiger partial charge is 0.290 e. The minimum Gasteiger partial charge on any atom is -0.483 e. The van der Waals surface area contributed by atoms with Crippen molar-refractivity contribution in [2.24, 2.45) is 0 Å². The molecule has 43 heavy (non-hydrogen) atoms. The SMILES string of the molecule is CCC(=O)NCCOCCNC(=O)COCCOCCNC.CCCCCCCCCC(=O)N[C@@H](C)CCC=O.O=CO. The number of hydrogen-bond acceptors (Lipinski definition) is 9. The van der Waals surface area contributed by atoms with Crippen molar-refractivity contribution < 1.29 is 43.3 Å². The van der Waals surface area contributed by atoms with Gasteiger partial charge in [-0.2, -0.15) is 0 Å². The van der Waals surface area contributed by atoms with Crippen LogP contribution in [0, 0.1) is 0 Å². The van der Waals surface area contributed by atoms with Crippen LogP contribution in [-0.4, -0.2) is 108 Å². The molecule has 0 aliphatic heterocycles. The summed E-state index contributed by atoms with van der Waals surface area (Å²) in [4.78, 5) is 52.4. The Bertz CT molecular complexity index is 655. The first-order chi connectivity index (χ1) is 20.8. The second-order valence-corrected chi connectivity index (χ2v) is 9.62. The molecule has 13 nitrogen and oxygen atoms in total. The number of carbonyl (C=O) groups is 5. The number of nitrogens with one attached hydrogen (secondary N) is 4. The molecule has 0 aliphatic carbocycles. The van der Waals surface area contributed by atoms with Crippen molar-refractivity contribution in [2.75, 3.05) is 66.3 Å². The van der Waals surface area contributed by atoms with E-state index >= 15 is 0 Å². The maximum atomic E-state index is 11.6. The van der Waals surface area contributed by atoms with Crippen LogP contribution in [0.4, 0.5) is 0 Å². The number of ether oxygens (including phenoxy) is 3. The summed E-state index contributed by atoms with van der Waals surface area (Å²) in [5.41, 5.74) is 0. The van der Waals surface area contributed by atoms with Gasteiger partial charge in [-0.15, -0.1) is 0 Å². The van der Waals surface area contributed by atoms with E-state index < -0.39 is 0 Å². The molecule has 0 rings (SSSR count). The van der Waals surface area contributed by atoms with E-state index in [1.165, 1.54) is 32.1 Å². The van der Waals surface area contributed by atoms with Gasteiger partial charge in [-0.1, -0.05) is 52.4 Å². The zero-order valence-electron chi connectivity index (χ0n) is 27.1. The zero-order chi connectivity index (χ0) is 32.8. The molecule has 0 unspecified atom stereocenters. The molecule has 1 atom stereocenters. The van der Waals surface area contributed by atoms with Crippen molar-refractivity contribution in [3.05, 3.63) is 0 Å². The fourth-order valence-corrected chi connectivity index (χ4v) is 3.34. The first-order valence-electron chi connectivity index (χ1n) is 15.5. The van der Waals surface area contributed by atoms with Crippen molar-refractivity contribution in [3.63, 3.8) is 0 Å². The molecule has 0 radical (unpaired) electrons. The number of rotatable bonds is 27. The van der Waals surface area contributed by atoms with Crippen LogP contribution in [0.3, 0.4) is 0 Å². The highest BCUT2D eigenvalue weighted by atomic mass is 16.5. The lowest BCUT2D eigenvalue weighted by Crippen LogP contribution is -2.32. The quantitative estimate of drug-likeness (QED) is 0.0675. The summed E-state index contributed by atoms with van der Waals surface area (Å²) in [6.45, 7) is 9.76. The largest absolute Gasteiger partial charge is 0.483 e. The van der Waals surface area contributed by atoms with Gasteiger partial charge in [0.15, 0.2) is 0 Å². The van der Waals surface area contributed by atoms with Gasteiger partial charge in [0.2, 0.25) is 17.7 Å². The topological polar surface area (TPSA) is 181 Å². The van der Waals surface area contributed by atoms with Crippen molar-refractivity contribution in [1.82, 2.24) is 21.3 Å². The maximum absolute atomic E-state index is 11.6. The Labute approximate surface area is 258 Å². The molecule has 0 aromatic heterocycles. The average Bonchev–Trinajstić information content (AvgIpc) is 2.99. The first kappa shape index (κ1) is 44.8. The molecule has 0 spiro atoms. The maximum Gasteiger partial charge on any atom is 0.290 e. The summed E-state index contributed by atoms with van der Waals surface area (Å²) >= 11 is 0. The van der Waals surface area contributed by atoms with Gasteiger partial charge in [0.05, 0.1) is 33.0 Å². The van der Waals surface area contributed by atoms with Gasteiger partial charge in [-0.25, -0.2) is 0 Å². The molecule has 0 heterocycles. The number of unbranched alkanes of at least 4 members (excludes halogenated alkanes) is 6. The predicted molar refractivity (Wildman–Crippen MR) is 167 cm³/mol. The molecule has 0 aliphatic rings. The minimum atomic E-state index is -0.250. The second kappa shape index (κ2) is 39.4. The average molecular weight is 621 g/mol. The summed E-state index contributed by atoms with van der Waals surface area (Å²) in [5.74, 6) is -0.0518. The summed E-state index contributed by atoms with van der Waals surface area (Å²) in [7, 11) is 1.86. The van der Waals surface area contributed by atoms with E-state index in [9.17, 15) is 19.2 Å². The number of aldehydes is 1. The summed E-state index contributed by atoms with van der Waals surface area (Å²) < 4.78 is 15.7. The molecular weight excluding hydrogens is 560 g/mol.